The van der Waals surface area contributed by atoms with E-state index in [0.29, 0.717) is 0 Å². The van der Waals surface area contributed by atoms with Crippen LogP contribution in [0.3, 0.4) is 0 Å². The van der Waals surface area contributed by atoms with Gasteiger partial charge in [0.05, 0.1) is 12.4 Å². The average Bonchev–Trinajstić information content (AvgIpc) is 2.33. The van der Waals surface area contributed by atoms with Crippen molar-refractivity contribution in [1.29, 1.82) is 0 Å². The van der Waals surface area contributed by atoms with Crippen molar-refractivity contribution >= 4 is 5.65 Å². The second-order valence-electron chi connectivity index (χ2n) is 2.32. The lowest BCUT2D eigenvalue weighted by atomic mass is 10.3. The smallest absolute Gasteiger partial charge is 0.137 e. The third-order valence-corrected chi connectivity index (χ3v) is 1.48. The number of hydrogen-bond acceptors (Lipinski definition) is 1. The molecule has 2 aromatic rings. The van der Waals surface area contributed by atoms with Crippen molar-refractivity contribution < 1.29 is 0 Å². The minimum atomic E-state index is 0.958. The van der Waals surface area contributed by atoms with E-state index >= 15 is 0 Å². The van der Waals surface area contributed by atoms with Gasteiger partial charge in [0.15, 0.2) is 0 Å². The normalized spacial score (nSPS) is 10.5. The predicted octanol–water partition coefficient (Wildman–Crippen LogP) is 1.44. The average molecular weight is 131 g/mol. The van der Waals surface area contributed by atoms with Gasteiger partial charge in [-0.3, -0.25) is 4.40 Å². The summed E-state index contributed by atoms with van der Waals surface area (Å²) in [6.07, 6.45) is 6.58. The number of aromatic nitrogens is 2. The molecule has 0 spiro atoms. The van der Waals surface area contributed by atoms with Crippen molar-refractivity contribution in [3.8, 4) is 0 Å². The van der Waals surface area contributed by atoms with Gasteiger partial charge in [-0.2, -0.15) is 0 Å². The second kappa shape index (κ2) is 1.84. The van der Waals surface area contributed by atoms with Crippen LogP contribution in [0.5, 0.6) is 0 Å². The van der Waals surface area contributed by atoms with Gasteiger partial charge in [0, 0.05) is 6.20 Å². The van der Waals surface area contributed by atoms with E-state index < -0.39 is 0 Å². The van der Waals surface area contributed by atoms with Crippen molar-refractivity contribution in [2.45, 2.75) is 6.92 Å². The lowest BCUT2D eigenvalue weighted by molar-refractivity contribution is 1.16. The van der Waals surface area contributed by atoms with Crippen LogP contribution in [-0.4, -0.2) is 9.38 Å². The Bertz CT molecular complexity index is 349. The summed E-state index contributed by atoms with van der Waals surface area (Å²) in [4.78, 5) is 4.09. The van der Waals surface area contributed by atoms with Crippen LogP contribution < -0.4 is 0 Å². The molecule has 0 aromatic carbocycles. The number of pyridine rings is 1. The van der Waals surface area contributed by atoms with Gasteiger partial charge in [-0.25, -0.2) is 4.98 Å². The summed E-state index contributed by atoms with van der Waals surface area (Å²) in [7, 11) is 0. The summed E-state index contributed by atoms with van der Waals surface area (Å²) in [5.41, 5.74) is 2.19. The Labute approximate surface area is 59.1 Å². The van der Waals surface area contributed by atoms with E-state index in [4.69, 9.17) is 0 Å². The van der Waals surface area contributed by atoms with Crippen LogP contribution in [-0.2, 0) is 0 Å². The molecule has 2 nitrogen and oxygen atoms in total. The van der Waals surface area contributed by atoms with E-state index in [-0.39, 0.29) is 0 Å². The lowest BCUT2D eigenvalue weighted by Gasteiger charge is -1.92. The highest BCUT2D eigenvalue weighted by molar-refractivity contribution is 5.40. The van der Waals surface area contributed by atoms with Gasteiger partial charge >= 0.3 is 0 Å². The lowest BCUT2D eigenvalue weighted by Crippen LogP contribution is -1.82. The summed E-state index contributed by atoms with van der Waals surface area (Å²) >= 11 is 0. The summed E-state index contributed by atoms with van der Waals surface area (Å²) < 4.78 is 1.87. The van der Waals surface area contributed by atoms with E-state index in [1.165, 1.54) is 5.56 Å². The highest BCUT2D eigenvalue weighted by atomic mass is 15.0. The monoisotopic (exact) mass is 131 g/mol. The fourth-order valence-corrected chi connectivity index (χ4v) is 0.956. The van der Waals surface area contributed by atoms with Gasteiger partial charge < -0.3 is 0 Å². The summed E-state index contributed by atoms with van der Waals surface area (Å²) in [5.74, 6) is 0. The number of imidazole rings is 1. The van der Waals surface area contributed by atoms with Crippen LogP contribution in [0.15, 0.2) is 24.5 Å². The van der Waals surface area contributed by atoms with Gasteiger partial charge in [0.1, 0.15) is 5.65 Å². The summed E-state index contributed by atoms with van der Waals surface area (Å²) in [6, 6.07) is 4.06. The minimum absolute atomic E-state index is 0.958. The van der Waals surface area contributed by atoms with Crippen LogP contribution in [0.25, 0.3) is 5.65 Å². The van der Waals surface area contributed by atoms with Gasteiger partial charge in [0.2, 0.25) is 0 Å². The molecule has 2 heterocycles. The maximum Gasteiger partial charge on any atom is 0.137 e. The first-order valence-corrected chi connectivity index (χ1v) is 3.18. The maximum atomic E-state index is 4.09. The zero-order valence-corrected chi connectivity index (χ0v) is 5.70. The van der Waals surface area contributed by atoms with Crippen molar-refractivity contribution in [1.82, 2.24) is 9.38 Å². The Morgan fingerprint density at radius 1 is 1.60 bits per heavy atom. The molecule has 0 aliphatic rings. The molecular weight excluding hydrogens is 124 g/mol. The first-order valence-electron chi connectivity index (χ1n) is 3.18. The van der Waals surface area contributed by atoms with Crippen molar-refractivity contribution in [3.63, 3.8) is 0 Å². The zero-order valence-electron chi connectivity index (χ0n) is 5.70. The largest absolute Gasteiger partial charge is 0.298 e. The molecule has 0 bridgehead atoms. The van der Waals surface area contributed by atoms with Crippen LogP contribution in [0, 0.1) is 13.1 Å². The second-order valence-corrected chi connectivity index (χ2v) is 2.32. The zero-order chi connectivity index (χ0) is 6.97. The third-order valence-electron chi connectivity index (χ3n) is 1.48. The van der Waals surface area contributed by atoms with Crippen molar-refractivity contribution in [2.24, 2.45) is 0 Å². The fourth-order valence-electron chi connectivity index (χ4n) is 0.956. The molecule has 2 rings (SSSR count). The molecular formula is C8H7N2. The van der Waals surface area contributed by atoms with Crippen LogP contribution in [0.1, 0.15) is 5.56 Å². The van der Waals surface area contributed by atoms with E-state index in [0.717, 1.165) is 5.65 Å². The van der Waals surface area contributed by atoms with Crippen molar-refractivity contribution in [3.05, 3.63) is 36.3 Å². The van der Waals surface area contributed by atoms with E-state index in [2.05, 4.69) is 18.1 Å². The summed E-state index contributed by atoms with van der Waals surface area (Å²) in [5, 5.41) is 0. The van der Waals surface area contributed by atoms with Gasteiger partial charge in [-0.1, -0.05) is 0 Å². The maximum absolute atomic E-state index is 4.09. The van der Waals surface area contributed by atoms with E-state index in [1.807, 2.05) is 22.7 Å². The number of nitrogens with zero attached hydrogens (tertiary/aromatic N) is 2. The molecule has 10 heavy (non-hydrogen) atoms. The summed E-state index contributed by atoms with van der Waals surface area (Å²) in [6.45, 7) is 2.05. The Morgan fingerprint density at radius 2 is 2.50 bits per heavy atom. The Morgan fingerprint density at radius 3 is 3.40 bits per heavy atom. The van der Waals surface area contributed by atoms with Crippen molar-refractivity contribution in [2.75, 3.05) is 0 Å². The molecule has 0 unspecified atom stereocenters. The van der Waals surface area contributed by atoms with Gasteiger partial charge in [-0.05, 0) is 24.6 Å². The molecule has 49 valence electrons. The molecule has 2 aromatic heterocycles. The van der Waals surface area contributed by atoms with E-state index in [9.17, 15) is 0 Å². The van der Waals surface area contributed by atoms with E-state index in [1.54, 1.807) is 6.20 Å². The molecule has 0 fully saturated rings. The number of hydrogen-bond donors (Lipinski definition) is 0. The SMILES string of the molecule is Cc1ccn2[c]cnc2c1. The molecule has 1 radical (unpaired) electrons. The highest BCUT2D eigenvalue weighted by Gasteiger charge is 1.90. The molecule has 2 heteroatoms. The Kier molecular flexibility index (Phi) is 1.01. The molecule has 0 amide bonds. The number of aryl methyl sites for hydroxylation is 1. The van der Waals surface area contributed by atoms with Crippen LogP contribution in [0.2, 0.25) is 0 Å². The topological polar surface area (TPSA) is 17.3 Å². The Hall–Kier alpha value is -1.31. The molecule has 0 saturated carbocycles. The first-order chi connectivity index (χ1) is 4.86. The number of rotatable bonds is 0. The van der Waals surface area contributed by atoms with Gasteiger partial charge in [0.25, 0.3) is 0 Å². The minimum Gasteiger partial charge on any atom is -0.298 e. The molecule has 0 aliphatic carbocycles. The molecule has 0 saturated heterocycles. The fraction of sp³-hybridized carbons (Fsp3) is 0.125. The predicted molar refractivity (Wildman–Crippen MR) is 38.8 cm³/mol. The molecule has 0 atom stereocenters. The third kappa shape index (κ3) is 0.692. The van der Waals surface area contributed by atoms with Crippen LogP contribution >= 0.6 is 0 Å². The quantitative estimate of drug-likeness (QED) is 0.529. The first kappa shape index (κ1) is 5.47. The standard InChI is InChI=1S/C8H7N2/c1-7-2-4-10-5-3-9-8(10)6-7/h2-4,6H,1H3. The number of fused-ring (bicyclic) bond motifs is 1. The van der Waals surface area contributed by atoms with Crippen LogP contribution in [0.4, 0.5) is 0 Å². The van der Waals surface area contributed by atoms with Gasteiger partial charge in [-0.15, -0.1) is 0 Å². The highest BCUT2D eigenvalue weighted by Crippen LogP contribution is 2.02. The Balaban J connectivity index is 2.86. The molecule has 0 N–H and O–H groups in total. The molecule has 0 aliphatic heterocycles.